The van der Waals surface area contributed by atoms with Crippen LogP contribution in [0.2, 0.25) is 0 Å². The highest BCUT2D eigenvalue weighted by Gasteiger charge is 2.17. The zero-order valence-electron chi connectivity index (χ0n) is 11.1. The van der Waals surface area contributed by atoms with E-state index in [1.165, 1.54) is 6.07 Å². The highest BCUT2D eigenvalue weighted by molar-refractivity contribution is 6.00. The van der Waals surface area contributed by atoms with Crippen LogP contribution in [0, 0.1) is 5.82 Å². The Kier molecular flexibility index (Phi) is 5.28. The average molecular weight is 253 g/mol. The van der Waals surface area contributed by atoms with Crippen LogP contribution in [-0.2, 0) is 0 Å². The van der Waals surface area contributed by atoms with E-state index >= 15 is 0 Å². The van der Waals surface area contributed by atoms with Crippen LogP contribution >= 0.6 is 0 Å². The highest BCUT2D eigenvalue weighted by atomic mass is 19.1. The number of nitrogens with zero attached hydrogens (tertiary/aromatic N) is 1. The second-order valence-electron chi connectivity index (χ2n) is 4.65. The molecule has 0 fully saturated rings. The molecule has 18 heavy (non-hydrogen) atoms. The number of benzene rings is 1. The molecule has 0 amide bonds. The zero-order valence-corrected chi connectivity index (χ0v) is 11.1. The predicted octanol–water partition coefficient (Wildman–Crippen LogP) is 2.83. The molecule has 0 atom stereocenters. The van der Waals surface area contributed by atoms with Gasteiger partial charge in [0.05, 0.1) is 12.1 Å². The molecule has 4 heteroatoms. The summed E-state index contributed by atoms with van der Waals surface area (Å²) in [4.78, 5) is 14.0. The second kappa shape index (κ2) is 6.50. The number of phenolic OH excluding ortho intramolecular Hbond substituents is 1. The fraction of sp³-hybridized carbons (Fsp3) is 0.500. The summed E-state index contributed by atoms with van der Waals surface area (Å²) in [6.07, 6.45) is 0.945. The number of Topliss-reactive ketones (excluding diaryl/α,β-unsaturated/α-hetero) is 1. The lowest BCUT2D eigenvalue weighted by Gasteiger charge is -2.25. The molecule has 1 N–H and O–H groups in total. The van der Waals surface area contributed by atoms with Crippen LogP contribution in [-0.4, -0.2) is 34.9 Å². The Bertz CT molecular complexity index is 418. The molecule has 1 aromatic rings. The van der Waals surface area contributed by atoms with E-state index in [2.05, 4.69) is 0 Å². The summed E-state index contributed by atoms with van der Waals surface area (Å²) in [5, 5.41) is 9.58. The molecule has 0 heterocycles. The minimum absolute atomic E-state index is 0.0525. The molecular weight excluding hydrogens is 233 g/mol. The molecule has 1 rings (SSSR count). The third kappa shape index (κ3) is 3.81. The van der Waals surface area contributed by atoms with Gasteiger partial charge in [-0.15, -0.1) is 0 Å². The van der Waals surface area contributed by atoms with E-state index < -0.39 is 5.82 Å². The van der Waals surface area contributed by atoms with Crippen LogP contribution in [0.15, 0.2) is 18.2 Å². The smallest absolute Gasteiger partial charge is 0.180 e. The quantitative estimate of drug-likeness (QED) is 0.792. The summed E-state index contributed by atoms with van der Waals surface area (Å²) in [6.45, 7) is 7.06. The minimum atomic E-state index is -0.511. The molecule has 0 aliphatic heterocycles. The lowest BCUT2D eigenvalue weighted by atomic mass is 10.1. The monoisotopic (exact) mass is 253 g/mol. The second-order valence-corrected chi connectivity index (χ2v) is 4.65. The molecule has 0 radical (unpaired) electrons. The SMILES string of the molecule is CCCN(CC(=O)c1cc(F)ccc1O)C(C)C. The van der Waals surface area contributed by atoms with Gasteiger partial charge in [0.15, 0.2) is 5.78 Å². The van der Waals surface area contributed by atoms with Gasteiger partial charge in [-0.2, -0.15) is 0 Å². The van der Waals surface area contributed by atoms with E-state index in [1.807, 2.05) is 25.7 Å². The Hall–Kier alpha value is -1.42. The predicted molar refractivity (Wildman–Crippen MR) is 69.4 cm³/mol. The summed E-state index contributed by atoms with van der Waals surface area (Å²) in [7, 11) is 0. The Morgan fingerprint density at radius 1 is 1.44 bits per heavy atom. The van der Waals surface area contributed by atoms with Crippen LogP contribution in [0.5, 0.6) is 5.75 Å². The number of phenols is 1. The van der Waals surface area contributed by atoms with Crippen molar-refractivity contribution in [3.05, 3.63) is 29.6 Å². The molecule has 0 aliphatic rings. The Balaban J connectivity index is 2.83. The van der Waals surface area contributed by atoms with E-state index in [4.69, 9.17) is 0 Å². The number of halogens is 1. The number of rotatable bonds is 6. The van der Waals surface area contributed by atoms with Crippen molar-refractivity contribution < 1.29 is 14.3 Å². The first kappa shape index (κ1) is 14.6. The molecule has 0 saturated heterocycles. The normalized spacial score (nSPS) is 11.2. The van der Waals surface area contributed by atoms with E-state index in [-0.39, 0.29) is 29.7 Å². The van der Waals surface area contributed by atoms with Crippen molar-refractivity contribution in [2.75, 3.05) is 13.1 Å². The summed E-state index contributed by atoms with van der Waals surface area (Å²) in [5.41, 5.74) is 0.0525. The summed E-state index contributed by atoms with van der Waals surface area (Å²) in [6, 6.07) is 3.67. The maximum atomic E-state index is 13.1. The molecule has 0 unspecified atom stereocenters. The number of carbonyl (C=O) groups excluding carboxylic acids is 1. The van der Waals surface area contributed by atoms with Crippen molar-refractivity contribution >= 4 is 5.78 Å². The van der Waals surface area contributed by atoms with Crippen LogP contribution in [0.1, 0.15) is 37.6 Å². The Morgan fingerprint density at radius 2 is 2.11 bits per heavy atom. The third-order valence-electron chi connectivity index (χ3n) is 2.85. The highest BCUT2D eigenvalue weighted by Crippen LogP contribution is 2.19. The van der Waals surface area contributed by atoms with Crippen molar-refractivity contribution in [2.45, 2.75) is 33.2 Å². The maximum absolute atomic E-state index is 13.1. The minimum Gasteiger partial charge on any atom is -0.507 e. The number of ketones is 1. The van der Waals surface area contributed by atoms with Gasteiger partial charge in [-0.1, -0.05) is 6.92 Å². The van der Waals surface area contributed by atoms with Crippen molar-refractivity contribution in [3.8, 4) is 5.75 Å². The largest absolute Gasteiger partial charge is 0.507 e. The topological polar surface area (TPSA) is 40.5 Å². The fourth-order valence-corrected chi connectivity index (χ4v) is 1.81. The van der Waals surface area contributed by atoms with Gasteiger partial charge in [0.1, 0.15) is 11.6 Å². The van der Waals surface area contributed by atoms with E-state index in [0.717, 1.165) is 25.1 Å². The van der Waals surface area contributed by atoms with Crippen LogP contribution in [0.3, 0.4) is 0 Å². The van der Waals surface area contributed by atoms with Crippen LogP contribution in [0.25, 0.3) is 0 Å². The molecule has 0 aromatic heterocycles. The lowest BCUT2D eigenvalue weighted by molar-refractivity contribution is 0.0903. The van der Waals surface area contributed by atoms with Gasteiger partial charge in [-0.3, -0.25) is 9.69 Å². The van der Waals surface area contributed by atoms with Crippen molar-refractivity contribution in [2.24, 2.45) is 0 Å². The first-order valence-corrected chi connectivity index (χ1v) is 6.21. The first-order valence-electron chi connectivity index (χ1n) is 6.21. The van der Waals surface area contributed by atoms with Gasteiger partial charge in [0.25, 0.3) is 0 Å². The average Bonchev–Trinajstić information content (AvgIpc) is 2.31. The van der Waals surface area contributed by atoms with Crippen molar-refractivity contribution in [1.29, 1.82) is 0 Å². The molecular formula is C14H20FNO2. The van der Waals surface area contributed by atoms with Crippen molar-refractivity contribution in [3.63, 3.8) is 0 Å². The number of carbonyl (C=O) groups is 1. The van der Waals surface area contributed by atoms with E-state index in [1.54, 1.807) is 0 Å². The van der Waals surface area contributed by atoms with Gasteiger partial charge in [0.2, 0.25) is 0 Å². The summed E-state index contributed by atoms with van der Waals surface area (Å²) < 4.78 is 13.1. The standard InChI is InChI=1S/C14H20FNO2/c1-4-7-16(10(2)3)9-14(18)12-8-11(15)5-6-13(12)17/h5-6,8,10,17H,4,7,9H2,1-3H3. The van der Waals surface area contributed by atoms with E-state index in [9.17, 15) is 14.3 Å². The molecule has 0 aliphatic carbocycles. The molecule has 0 bridgehead atoms. The zero-order chi connectivity index (χ0) is 13.7. The summed E-state index contributed by atoms with van der Waals surface area (Å²) >= 11 is 0. The first-order chi connectivity index (χ1) is 8.45. The summed E-state index contributed by atoms with van der Waals surface area (Å²) in [5.74, 6) is -0.932. The number of hydrogen-bond donors (Lipinski definition) is 1. The van der Waals surface area contributed by atoms with Crippen LogP contribution < -0.4 is 0 Å². The van der Waals surface area contributed by atoms with Gasteiger partial charge < -0.3 is 5.11 Å². The van der Waals surface area contributed by atoms with E-state index in [0.29, 0.717) is 0 Å². The van der Waals surface area contributed by atoms with Crippen molar-refractivity contribution in [1.82, 2.24) is 4.90 Å². The molecule has 100 valence electrons. The Labute approximate surface area is 107 Å². The fourth-order valence-electron chi connectivity index (χ4n) is 1.81. The molecule has 0 spiro atoms. The number of hydrogen-bond acceptors (Lipinski definition) is 3. The van der Waals surface area contributed by atoms with Gasteiger partial charge in [0, 0.05) is 6.04 Å². The Morgan fingerprint density at radius 3 is 2.67 bits per heavy atom. The lowest BCUT2D eigenvalue weighted by Crippen LogP contribution is -2.36. The molecule has 1 aromatic carbocycles. The number of aromatic hydroxyl groups is 1. The molecule has 3 nitrogen and oxygen atoms in total. The molecule has 0 saturated carbocycles. The third-order valence-corrected chi connectivity index (χ3v) is 2.85. The van der Waals surface area contributed by atoms with Gasteiger partial charge >= 0.3 is 0 Å². The van der Waals surface area contributed by atoms with Gasteiger partial charge in [-0.25, -0.2) is 4.39 Å². The van der Waals surface area contributed by atoms with Crippen LogP contribution in [0.4, 0.5) is 4.39 Å². The van der Waals surface area contributed by atoms with Gasteiger partial charge in [-0.05, 0) is 45.0 Å². The maximum Gasteiger partial charge on any atom is 0.180 e.